The van der Waals surface area contributed by atoms with Crippen LogP contribution < -0.4 is 10.6 Å². The first-order valence-electron chi connectivity index (χ1n) is 6.23. The Labute approximate surface area is 122 Å². The first-order valence-corrected chi connectivity index (χ1v) is 7.11. The van der Waals surface area contributed by atoms with Gasteiger partial charge in [0.1, 0.15) is 6.61 Å². The minimum Gasteiger partial charge on any atom is -0.378 e. The maximum absolute atomic E-state index is 11.4. The van der Waals surface area contributed by atoms with E-state index in [1.807, 2.05) is 36.0 Å². The van der Waals surface area contributed by atoms with Crippen LogP contribution in [0.5, 0.6) is 0 Å². The van der Waals surface area contributed by atoms with Crippen molar-refractivity contribution < 1.29 is 9.53 Å². The van der Waals surface area contributed by atoms with Crippen molar-refractivity contribution in [2.45, 2.75) is 13.0 Å². The van der Waals surface area contributed by atoms with Gasteiger partial charge in [0.15, 0.2) is 0 Å². The van der Waals surface area contributed by atoms with E-state index in [1.165, 1.54) is 12.0 Å². The third kappa shape index (κ3) is 4.04. The molecule has 6 heteroatoms. The van der Waals surface area contributed by atoms with Gasteiger partial charge in [-0.3, -0.25) is 9.78 Å². The number of methoxy groups -OCH3 is 1. The fourth-order valence-corrected chi connectivity index (χ4v) is 2.37. The summed E-state index contributed by atoms with van der Waals surface area (Å²) >= 11 is 1.62. The predicted molar refractivity (Wildman–Crippen MR) is 81.1 cm³/mol. The van der Waals surface area contributed by atoms with Crippen molar-refractivity contribution in [2.75, 3.05) is 24.4 Å². The van der Waals surface area contributed by atoms with Crippen molar-refractivity contribution in [1.82, 2.24) is 4.98 Å². The maximum Gasteiger partial charge on any atom is 0.250 e. The summed E-state index contributed by atoms with van der Waals surface area (Å²) in [6.45, 7) is 2.14. The van der Waals surface area contributed by atoms with Crippen LogP contribution >= 0.6 is 11.3 Å². The lowest BCUT2D eigenvalue weighted by Crippen LogP contribution is -2.17. The van der Waals surface area contributed by atoms with E-state index in [0.717, 1.165) is 11.4 Å². The summed E-state index contributed by atoms with van der Waals surface area (Å²) in [4.78, 5) is 16.6. The zero-order chi connectivity index (χ0) is 14.4. The number of carbonyl (C=O) groups is 1. The van der Waals surface area contributed by atoms with Crippen LogP contribution in [0.25, 0.3) is 0 Å². The molecule has 1 amide bonds. The molecule has 2 N–H and O–H groups in total. The molecule has 1 aromatic carbocycles. The molecule has 0 spiro atoms. The molecule has 0 saturated heterocycles. The molecular formula is C14H17N3O2S. The Balaban J connectivity index is 1.93. The molecule has 1 heterocycles. The van der Waals surface area contributed by atoms with Crippen LogP contribution in [0.15, 0.2) is 36.0 Å². The van der Waals surface area contributed by atoms with Crippen molar-refractivity contribution in [3.63, 3.8) is 0 Å². The summed E-state index contributed by atoms with van der Waals surface area (Å²) < 4.78 is 4.76. The second-order valence-electron chi connectivity index (χ2n) is 4.33. The fraction of sp³-hybridized carbons (Fsp3) is 0.286. The molecule has 0 aliphatic rings. The third-order valence-electron chi connectivity index (χ3n) is 2.71. The molecule has 2 aromatic rings. The Hall–Kier alpha value is -1.92. The molecule has 1 unspecified atom stereocenters. The number of nitrogens with one attached hydrogen (secondary N) is 2. The fourth-order valence-electron chi connectivity index (χ4n) is 1.74. The van der Waals surface area contributed by atoms with Crippen LogP contribution in [0, 0.1) is 0 Å². The van der Waals surface area contributed by atoms with Crippen molar-refractivity contribution in [2.24, 2.45) is 0 Å². The number of nitrogens with zero attached hydrogens (tertiary/aromatic N) is 1. The molecule has 0 saturated carbocycles. The van der Waals surface area contributed by atoms with Crippen molar-refractivity contribution in [3.8, 4) is 0 Å². The molecule has 0 bridgehead atoms. The smallest absolute Gasteiger partial charge is 0.250 e. The highest BCUT2D eigenvalue weighted by Crippen LogP contribution is 2.22. The molecular weight excluding hydrogens is 274 g/mol. The van der Waals surface area contributed by atoms with E-state index < -0.39 is 0 Å². The number of amides is 1. The third-order valence-corrected chi connectivity index (χ3v) is 3.66. The number of thiazole rings is 1. The first kappa shape index (κ1) is 14.5. The zero-order valence-electron chi connectivity index (χ0n) is 11.4. The van der Waals surface area contributed by atoms with E-state index >= 15 is 0 Å². The maximum atomic E-state index is 11.4. The van der Waals surface area contributed by atoms with Crippen molar-refractivity contribution >= 4 is 28.6 Å². The second-order valence-corrected chi connectivity index (χ2v) is 5.25. The zero-order valence-corrected chi connectivity index (χ0v) is 12.2. The Morgan fingerprint density at radius 1 is 1.35 bits per heavy atom. The van der Waals surface area contributed by atoms with Gasteiger partial charge in [-0.15, -0.1) is 11.3 Å². The quantitative estimate of drug-likeness (QED) is 0.859. The summed E-state index contributed by atoms with van der Waals surface area (Å²) in [5.74, 6) is -0.161. The van der Waals surface area contributed by atoms with E-state index in [9.17, 15) is 4.79 Å². The summed E-state index contributed by atoms with van der Waals surface area (Å²) in [5, 5.41) is 6.13. The molecule has 1 atom stereocenters. The van der Waals surface area contributed by atoms with Gasteiger partial charge in [-0.1, -0.05) is 0 Å². The van der Waals surface area contributed by atoms with Crippen LogP contribution in [0.1, 0.15) is 17.8 Å². The SMILES string of the molecule is COCC(=O)Nc1ccc(NC(C)c2cncs2)cc1. The van der Waals surface area contributed by atoms with Gasteiger partial charge >= 0.3 is 0 Å². The monoisotopic (exact) mass is 291 g/mol. The summed E-state index contributed by atoms with van der Waals surface area (Å²) in [7, 11) is 1.49. The van der Waals surface area contributed by atoms with Crippen molar-refractivity contribution in [1.29, 1.82) is 0 Å². The van der Waals surface area contributed by atoms with Crippen LogP contribution in [0.2, 0.25) is 0 Å². The number of carbonyl (C=O) groups excluding carboxylic acids is 1. The molecule has 0 fully saturated rings. The standard InChI is InChI=1S/C14H17N3O2S/c1-10(13-7-15-9-20-13)16-11-3-5-12(6-4-11)17-14(18)8-19-2/h3-7,9-10,16H,8H2,1-2H3,(H,17,18). The average molecular weight is 291 g/mol. The van der Waals surface area contributed by atoms with Gasteiger partial charge in [-0.2, -0.15) is 0 Å². The van der Waals surface area contributed by atoms with Gasteiger partial charge in [0.05, 0.1) is 11.6 Å². The Bertz CT molecular complexity index is 540. The van der Waals surface area contributed by atoms with Crippen LogP contribution in [0.4, 0.5) is 11.4 Å². The Morgan fingerprint density at radius 3 is 2.65 bits per heavy atom. The van der Waals surface area contributed by atoms with E-state index in [1.54, 1.807) is 11.3 Å². The van der Waals surface area contributed by atoms with Crippen molar-refractivity contribution in [3.05, 3.63) is 40.8 Å². The predicted octanol–water partition coefficient (Wildman–Crippen LogP) is 2.90. The second kappa shape index (κ2) is 7.02. The molecule has 2 rings (SSSR count). The normalized spacial score (nSPS) is 11.9. The van der Waals surface area contributed by atoms with Gasteiger partial charge in [-0.05, 0) is 31.2 Å². The van der Waals surface area contributed by atoms with Crippen LogP contribution in [0.3, 0.4) is 0 Å². The van der Waals surface area contributed by atoms with E-state index in [-0.39, 0.29) is 18.6 Å². The number of ether oxygens (including phenoxy) is 1. The Morgan fingerprint density at radius 2 is 2.05 bits per heavy atom. The topological polar surface area (TPSA) is 63.2 Å². The van der Waals surface area contributed by atoms with Crippen LogP contribution in [-0.4, -0.2) is 24.6 Å². The molecule has 20 heavy (non-hydrogen) atoms. The Kier molecular flexibility index (Phi) is 5.09. The minimum absolute atomic E-state index is 0.0579. The van der Waals surface area contributed by atoms with Gasteiger partial charge < -0.3 is 15.4 Å². The summed E-state index contributed by atoms with van der Waals surface area (Å²) in [5.41, 5.74) is 3.57. The largest absolute Gasteiger partial charge is 0.378 e. The summed E-state index contributed by atoms with van der Waals surface area (Å²) in [6, 6.07) is 7.78. The summed E-state index contributed by atoms with van der Waals surface area (Å²) in [6.07, 6.45) is 1.86. The van der Waals surface area contributed by atoms with Gasteiger partial charge in [0.25, 0.3) is 0 Å². The number of rotatable bonds is 6. The molecule has 0 radical (unpaired) electrons. The van der Waals surface area contributed by atoms with E-state index in [2.05, 4.69) is 22.5 Å². The van der Waals surface area contributed by atoms with Gasteiger partial charge in [0.2, 0.25) is 5.91 Å². The number of anilines is 2. The number of benzene rings is 1. The lowest BCUT2D eigenvalue weighted by Gasteiger charge is -2.13. The van der Waals surface area contributed by atoms with E-state index in [0.29, 0.717) is 0 Å². The molecule has 5 nitrogen and oxygen atoms in total. The number of aromatic nitrogens is 1. The number of hydrogen-bond donors (Lipinski definition) is 2. The van der Waals surface area contributed by atoms with Gasteiger partial charge in [0, 0.05) is 29.6 Å². The highest BCUT2D eigenvalue weighted by molar-refractivity contribution is 7.09. The highest BCUT2D eigenvalue weighted by Gasteiger charge is 2.07. The lowest BCUT2D eigenvalue weighted by atomic mass is 10.2. The van der Waals surface area contributed by atoms with Gasteiger partial charge in [-0.25, -0.2) is 0 Å². The molecule has 106 valence electrons. The average Bonchev–Trinajstić information content (AvgIpc) is 2.95. The van der Waals surface area contributed by atoms with Crippen LogP contribution in [-0.2, 0) is 9.53 Å². The molecule has 1 aromatic heterocycles. The minimum atomic E-state index is -0.161. The molecule has 0 aliphatic carbocycles. The number of hydrogen-bond acceptors (Lipinski definition) is 5. The molecule has 0 aliphatic heterocycles. The highest BCUT2D eigenvalue weighted by atomic mass is 32.1. The van der Waals surface area contributed by atoms with E-state index in [4.69, 9.17) is 4.74 Å². The first-order chi connectivity index (χ1) is 9.69. The lowest BCUT2D eigenvalue weighted by molar-refractivity contribution is -0.119.